The monoisotopic (exact) mass is 293 g/mol. The minimum Gasteiger partial charge on any atom is -0.478 e. The van der Waals surface area contributed by atoms with Crippen LogP contribution >= 0.6 is 15.9 Å². The molecule has 0 fully saturated rings. The van der Waals surface area contributed by atoms with E-state index in [1.807, 2.05) is 0 Å². The SMILES string of the molecule is N#Cc1cc(Br)c(C(=O)O)cc1C(F)(F)F. The van der Waals surface area contributed by atoms with E-state index in [1.54, 1.807) is 0 Å². The van der Waals surface area contributed by atoms with Gasteiger partial charge in [-0.1, -0.05) is 0 Å². The van der Waals surface area contributed by atoms with E-state index < -0.39 is 28.8 Å². The summed E-state index contributed by atoms with van der Waals surface area (Å²) in [6.45, 7) is 0. The zero-order valence-corrected chi connectivity index (χ0v) is 9.06. The first-order valence-corrected chi connectivity index (χ1v) is 4.60. The van der Waals surface area contributed by atoms with Gasteiger partial charge in [0.1, 0.15) is 0 Å². The molecule has 0 aromatic heterocycles. The third-order valence-corrected chi connectivity index (χ3v) is 2.42. The van der Waals surface area contributed by atoms with Crippen LogP contribution in [0.3, 0.4) is 0 Å². The number of aromatic carboxylic acids is 1. The maximum Gasteiger partial charge on any atom is 0.417 e. The van der Waals surface area contributed by atoms with Gasteiger partial charge in [-0.15, -0.1) is 0 Å². The van der Waals surface area contributed by atoms with Crippen molar-refractivity contribution in [2.45, 2.75) is 6.18 Å². The predicted molar refractivity (Wildman–Crippen MR) is 50.8 cm³/mol. The van der Waals surface area contributed by atoms with Crippen molar-refractivity contribution in [3.05, 3.63) is 33.3 Å². The maximum atomic E-state index is 12.5. The van der Waals surface area contributed by atoms with Crippen molar-refractivity contribution in [3.8, 4) is 6.07 Å². The molecule has 1 rings (SSSR count). The Morgan fingerprint density at radius 2 is 2.00 bits per heavy atom. The minimum absolute atomic E-state index is 0.0652. The zero-order chi connectivity index (χ0) is 12.5. The number of halogens is 4. The third-order valence-electron chi connectivity index (χ3n) is 1.76. The molecular formula is C9H3BrF3NO2. The molecule has 1 aromatic carbocycles. The van der Waals surface area contributed by atoms with Crippen LogP contribution in [0.2, 0.25) is 0 Å². The minimum atomic E-state index is -4.75. The molecule has 0 radical (unpaired) electrons. The number of hydrogen-bond acceptors (Lipinski definition) is 2. The quantitative estimate of drug-likeness (QED) is 0.866. The largest absolute Gasteiger partial charge is 0.478 e. The average Bonchev–Trinajstić information content (AvgIpc) is 2.14. The van der Waals surface area contributed by atoms with E-state index in [0.29, 0.717) is 6.07 Å². The normalized spacial score (nSPS) is 10.9. The van der Waals surface area contributed by atoms with Crippen LogP contribution in [0.1, 0.15) is 21.5 Å². The van der Waals surface area contributed by atoms with Crippen LogP contribution in [0.15, 0.2) is 16.6 Å². The van der Waals surface area contributed by atoms with Crippen LogP contribution < -0.4 is 0 Å². The van der Waals surface area contributed by atoms with Crippen LogP contribution in [-0.4, -0.2) is 11.1 Å². The molecule has 0 unspecified atom stereocenters. The summed E-state index contributed by atoms with van der Waals surface area (Å²) in [5.41, 5.74) is -2.41. The Bertz CT molecular complexity index is 491. The zero-order valence-electron chi connectivity index (χ0n) is 7.47. The average molecular weight is 294 g/mol. The molecule has 0 aliphatic heterocycles. The molecule has 0 aliphatic carbocycles. The number of rotatable bonds is 1. The summed E-state index contributed by atoms with van der Waals surface area (Å²) in [6, 6.07) is 2.64. The molecule has 1 N–H and O–H groups in total. The van der Waals surface area contributed by atoms with Gasteiger partial charge in [-0.05, 0) is 28.1 Å². The van der Waals surface area contributed by atoms with Crippen molar-refractivity contribution in [2.75, 3.05) is 0 Å². The molecule has 16 heavy (non-hydrogen) atoms. The van der Waals surface area contributed by atoms with E-state index in [2.05, 4.69) is 15.9 Å². The van der Waals surface area contributed by atoms with Gasteiger partial charge >= 0.3 is 12.1 Å². The van der Waals surface area contributed by atoms with E-state index in [-0.39, 0.29) is 4.47 Å². The maximum absolute atomic E-state index is 12.5. The molecule has 0 spiro atoms. The summed E-state index contributed by atoms with van der Waals surface area (Å²) in [7, 11) is 0. The van der Waals surface area contributed by atoms with Crippen LogP contribution in [0.4, 0.5) is 13.2 Å². The predicted octanol–water partition coefficient (Wildman–Crippen LogP) is 3.04. The van der Waals surface area contributed by atoms with Crippen LogP contribution in [-0.2, 0) is 6.18 Å². The standard InChI is InChI=1S/C9H3BrF3NO2/c10-7-1-4(3-14)6(9(11,12)13)2-5(7)8(15)16/h1-2H,(H,15,16). The van der Waals surface area contributed by atoms with Crippen molar-refractivity contribution < 1.29 is 23.1 Å². The Labute approximate surface area is 96.2 Å². The van der Waals surface area contributed by atoms with Gasteiger partial charge in [0.2, 0.25) is 0 Å². The molecule has 0 heterocycles. The van der Waals surface area contributed by atoms with Gasteiger partial charge in [-0.2, -0.15) is 18.4 Å². The smallest absolute Gasteiger partial charge is 0.417 e. The number of carbonyl (C=O) groups is 1. The van der Waals surface area contributed by atoms with Crippen molar-refractivity contribution in [2.24, 2.45) is 0 Å². The molecular weight excluding hydrogens is 291 g/mol. The van der Waals surface area contributed by atoms with Gasteiger partial charge in [0.05, 0.1) is 22.8 Å². The number of nitriles is 1. The van der Waals surface area contributed by atoms with E-state index in [1.165, 1.54) is 6.07 Å². The van der Waals surface area contributed by atoms with Crippen molar-refractivity contribution >= 4 is 21.9 Å². The Morgan fingerprint density at radius 3 is 2.38 bits per heavy atom. The Morgan fingerprint density at radius 1 is 1.44 bits per heavy atom. The van der Waals surface area contributed by atoms with Gasteiger partial charge < -0.3 is 5.11 Å². The highest BCUT2D eigenvalue weighted by molar-refractivity contribution is 9.10. The molecule has 3 nitrogen and oxygen atoms in total. The second-order valence-corrected chi connectivity index (χ2v) is 3.65. The van der Waals surface area contributed by atoms with E-state index in [0.717, 1.165) is 6.07 Å². The topological polar surface area (TPSA) is 61.1 Å². The Hall–Kier alpha value is -1.55. The summed E-state index contributed by atoms with van der Waals surface area (Å²) in [5, 5.41) is 17.2. The highest BCUT2D eigenvalue weighted by Gasteiger charge is 2.35. The summed E-state index contributed by atoms with van der Waals surface area (Å²) in [6.07, 6.45) is -4.75. The summed E-state index contributed by atoms with van der Waals surface area (Å²) in [5.74, 6) is -1.50. The van der Waals surface area contributed by atoms with Crippen molar-refractivity contribution in [1.82, 2.24) is 0 Å². The number of benzene rings is 1. The van der Waals surface area contributed by atoms with Gasteiger partial charge in [-0.3, -0.25) is 0 Å². The molecule has 0 amide bonds. The number of nitrogens with zero attached hydrogens (tertiary/aromatic N) is 1. The Kier molecular flexibility index (Phi) is 3.24. The fraction of sp³-hybridized carbons (Fsp3) is 0.111. The number of carboxylic acid groups (broad SMARTS) is 1. The first kappa shape index (κ1) is 12.5. The van der Waals surface area contributed by atoms with Crippen LogP contribution in [0, 0.1) is 11.3 Å². The van der Waals surface area contributed by atoms with E-state index in [4.69, 9.17) is 10.4 Å². The fourth-order valence-electron chi connectivity index (χ4n) is 1.06. The van der Waals surface area contributed by atoms with Crippen molar-refractivity contribution in [3.63, 3.8) is 0 Å². The number of alkyl halides is 3. The summed E-state index contributed by atoms with van der Waals surface area (Å²) in [4.78, 5) is 10.6. The second-order valence-electron chi connectivity index (χ2n) is 2.79. The van der Waals surface area contributed by atoms with Gasteiger partial charge in [0.15, 0.2) is 0 Å². The molecule has 0 bridgehead atoms. The third kappa shape index (κ3) is 2.33. The van der Waals surface area contributed by atoms with E-state index >= 15 is 0 Å². The molecule has 0 saturated carbocycles. The number of carboxylic acids is 1. The lowest BCUT2D eigenvalue weighted by Crippen LogP contribution is -2.10. The van der Waals surface area contributed by atoms with Crippen molar-refractivity contribution in [1.29, 1.82) is 5.26 Å². The highest BCUT2D eigenvalue weighted by atomic mass is 79.9. The van der Waals surface area contributed by atoms with Gasteiger partial charge in [0.25, 0.3) is 0 Å². The van der Waals surface area contributed by atoms with Crippen LogP contribution in [0.5, 0.6) is 0 Å². The summed E-state index contributed by atoms with van der Waals surface area (Å²) < 4.78 is 37.3. The van der Waals surface area contributed by atoms with Gasteiger partial charge in [0, 0.05) is 4.47 Å². The highest BCUT2D eigenvalue weighted by Crippen LogP contribution is 2.34. The Balaban J connectivity index is 3.55. The molecule has 0 saturated heterocycles. The molecule has 0 aliphatic rings. The second kappa shape index (κ2) is 4.14. The van der Waals surface area contributed by atoms with Gasteiger partial charge in [-0.25, -0.2) is 4.79 Å². The first-order valence-electron chi connectivity index (χ1n) is 3.81. The first-order chi connectivity index (χ1) is 7.27. The molecule has 1 aromatic rings. The molecule has 0 atom stereocenters. The fourth-order valence-corrected chi connectivity index (χ4v) is 1.58. The van der Waals surface area contributed by atoms with Crippen LogP contribution in [0.25, 0.3) is 0 Å². The molecule has 84 valence electrons. The number of hydrogen-bond donors (Lipinski definition) is 1. The lowest BCUT2D eigenvalue weighted by atomic mass is 10.0. The lowest BCUT2D eigenvalue weighted by molar-refractivity contribution is -0.137. The van der Waals surface area contributed by atoms with E-state index in [9.17, 15) is 18.0 Å². The summed E-state index contributed by atoms with van der Waals surface area (Å²) >= 11 is 2.79. The lowest BCUT2D eigenvalue weighted by Gasteiger charge is -2.10. The molecule has 7 heteroatoms.